The van der Waals surface area contributed by atoms with Crippen molar-refractivity contribution in [3.8, 4) is 0 Å². The standard InChI is InChI=1S/C19H19F6N3O/c20-18(21,22)13-5-3-12(4-6-13)17(9-1-2-15(28-17)19(23,24)25)16(29)27-14-7-10-26-11-8-14/h3-8,10-11,15-16,28-29H,1-2,9H2,(H,26,27). The highest BCUT2D eigenvalue weighted by atomic mass is 19.4. The van der Waals surface area contributed by atoms with E-state index in [0.717, 1.165) is 24.3 Å². The molecule has 2 aromatic rings. The van der Waals surface area contributed by atoms with Crippen molar-refractivity contribution in [3.05, 3.63) is 59.9 Å². The fourth-order valence-electron chi connectivity index (χ4n) is 3.57. The van der Waals surface area contributed by atoms with E-state index in [4.69, 9.17) is 0 Å². The molecule has 0 amide bonds. The highest BCUT2D eigenvalue weighted by Gasteiger charge is 2.51. The molecule has 10 heteroatoms. The molecule has 0 saturated carbocycles. The van der Waals surface area contributed by atoms with Gasteiger partial charge in [0.1, 0.15) is 12.3 Å². The fourth-order valence-corrected chi connectivity index (χ4v) is 3.57. The van der Waals surface area contributed by atoms with Gasteiger partial charge in [-0.05, 0) is 49.1 Å². The number of hydrogen-bond acceptors (Lipinski definition) is 4. The first-order chi connectivity index (χ1) is 13.5. The molecule has 3 rings (SSSR count). The number of piperidine rings is 1. The van der Waals surface area contributed by atoms with Crippen molar-refractivity contribution in [2.24, 2.45) is 0 Å². The number of aliphatic hydroxyl groups is 1. The molecule has 1 aromatic carbocycles. The zero-order chi connectivity index (χ0) is 21.3. The number of benzene rings is 1. The summed E-state index contributed by atoms with van der Waals surface area (Å²) in [6.07, 6.45) is -7.75. The summed E-state index contributed by atoms with van der Waals surface area (Å²) in [4.78, 5) is 3.83. The van der Waals surface area contributed by atoms with Crippen LogP contribution in [0.4, 0.5) is 32.0 Å². The summed E-state index contributed by atoms with van der Waals surface area (Å²) in [5.41, 5.74) is -2.01. The van der Waals surface area contributed by atoms with Crippen LogP contribution < -0.4 is 10.6 Å². The van der Waals surface area contributed by atoms with E-state index in [-0.39, 0.29) is 24.8 Å². The SMILES string of the molecule is OC(Nc1ccncc1)C1(c2ccc(C(F)(F)F)cc2)CCCC(C(F)(F)F)N1. The van der Waals surface area contributed by atoms with Crippen LogP contribution in [0.1, 0.15) is 30.4 Å². The molecule has 29 heavy (non-hydrogen) atoms. The Hall–Kier alpha value is -2.33. The maximum absolute atomic E-state index is 13.4. The molecule has 1 aliphatic rings. The van der Waals surface area contributed by atoms with Gasteiger partial charge in [-0.1, -0.05) is 12.1 Å². The lowest BCUT2D eigenvalue weighted by atomic mass is 9.78. The number of alkyl halides is 6. The van der Waals surface area contributed by atoms with Crippen LogP contribution >= 0.6 is 0 Å². The number of rotatable bonds is 4. The summed E-state index contributed by atoms with van der Waals surface area (Å²) in [5.74, 6) is 0. The van der Waals surface area contributed by atoms with Crippen LogP contribution in [-0.4, -0.2) is 28.5 Å². The largest absolute Gasteiger partial charge is 0.416 e. The monoisotopic (exact) mass is 419 g/mol. The zero-order valence-corrected chi connectivity index (χ0v) is 15.1. The van der Waals surface area contributed by atoms with Gasteiger partial charge in [0.25, 0.3) is 0 Å². The highest BCUT2D eigenvalue weighted by Crippen LogP contribution is 2.41. The lowest BCUT2D eigenvalue weighted by Gasteiger charge is -2.46. The Morgan fingerprint density at radius 3 is 2.21 bits per heavy atom. The molecule has 0 aliphatic carbocycles. The Kier molecular flexibility index (Phi) is 5.77. The molecule has 3 N–H and O–H groups in total. The van der Waals surface area contributed by atoms with Crippen LogP contribution in [0.15, 0.2) is 48.8 Å². The van der Waals surface area contributed by atoms with E-state index in [1.165, 1.54) is 24.5 Å². The predicted octanol–water partition coefficient (Wildman–Crippen LogP) is 4.43. The highest BCUT2D eigenvalue weighted by molar-refractivity contribution is 5.44. The van der Waals surface area contributed by atoms with E-state index in [1.807, 2.05) is 0 Å². The van der Waals surface area contributed by atoms with E-state index in [1.54, 1.807) is 0 Å². The second-order valence-corrected chi connectivity index (χ2v) is 6.96. The van der Waals surface area contributed by atoms with Crippen molar-refractivity contribution in [2.45, 2.75) is 49.4 Å². The molecular weight excluding hydrogens is 400 g/mol. The number of nitrogens with zero attached hydrogens (tertiary/aromatic N) is 1. The van der Waals surface area contributed by atoms with Crippen LogP contribution in [-0.2, 0) is 11.7 Å². The Morgan fingerprint density at radius 2 is 1.66 bits per heavy atom. The van der Waals surface area contributed by atoms with E-state index >= 15 is 0 Å². The average Bonchev–Trinajstić information content (AvgIpc) is 2.67. The van der Waals surface area contributed by atoms with E-state index in [0.29, 0.717) is 5.69 Å². The number of nitrogens with one attached hydrogen (secondary N) is 2. The third-order valence-electron chi connectivity index (χ3n) is 5.07. The molecule has 4 nitrogen and oxygen atoms in total. The zero-order valence-electron chi connectivity index (χ0n) is 15.1. The quantitative estimate of drug-likeness (QED) is 0.507. The van der Waals surface area contributed by atoms with Crippen molar-refractivity contribution in [2.75, 3.05) is 5.32 Å². The number of hydrogen-bond donors (Lipinski definition) is 3. The predicted molar refractivity (Wildman–Crippen MR) is 93.8 cm³/mol. The number of aromatic nitrogens is 1. The van der Waals surface area contributed by atoms with Gasteiger partial charge in [-0.3, -0.25) is 10.3 Å². The maximum Gasteiger partial charge on any atom is 0.416 e. The van der Waals surface area contributed by atoms with Gasteiger partial charge in [-0.2, -0.15) is 26.3 Å². The van der Waals surface area contributed by atoms with Crippen molar-refractivity contribution >= 4 is 5.69 Å². The Morgan fingerprint density at radius 1 is 1.03 bits per heavy atom. The van der Waals surface area contributed by atoms with Crippen LogP contribution in [0.2, 0.25) is 0 Å². The minimum absolute atomic E-state index is 0.101. The molecule has 0 spiro atoms. The lowest BCUT2D eigenvalue weighted by molar-refractivity contribution is -0.173. The molecule has 0 radical (unpaired) electrons. The molecule has 1 saturated heterocycles. The van der Waals surface area contributed by atoms with Gasteiger partial charge in [-0.15, -0.1) is 0 Å². The molecule has 1 fully saturated rings. The van der Waals surface area contributed by atoms with Gasteiger partial charge in [0, 0.05) is 18.1 Å². The summed E-state index contributed by atoms with van der Waals surface area (Å²) >= 11 is 0. The minimum atomic E-state index is -4.58. The number of aliphatic hydroxyl groups excluding tert-OH is 1. The van der Waals surface area contributed by atoms with Crippen molar-refractivity contribution in [1.29, 1.82) is 0 Å². The second kappa shape index (κ2) is 7.83. The van der Waals surface area contributed by atoms with Crippen molar-refractivity contribution < 1.29 is 31.4 Å². The molecule has 0 bridgehead atoms. The summed E-state index contributed by atoms with van der Waals surface area (Å²) in [5, 5.41) is 16.1. The Balaban J connectivity index is 1.99. The molecule has 3 unspecified atom stereocenters. The van der Waals surface area contributed by atoms with Gasteiger partial charge >= 0.3 is 12.4 Å². The first-order valence-electron chi connectivity index (χ1n) is 8.89. The Labute approximate surface area is 163 Å². The number of anilines is 1. The maximum atomic E-state index is 13.4. The second-order valence-electron chi connectivity index (χ2n) is 6.96. The third kappa shape index (κ3) is 4.64. The lowest BCUT2D eigenvalue weighted by Crippen LogP contribution is -2.63. The summed E-state index contributed by atoms with van der Waals surface area (Å²) in [6, 6.07) is 4.96. The van der Waals surface area contributed by atoms with Crippen molar-refractivity contribution in [3.63, 3.8) is 0 Å². The van der Waals surface area contributed by atoms with Gasteiger partial charge in [-0.25, -0.2) is 0 Å². The topological polar surface area (TPSA) is 57.2 Å². The van der Waals surface area contributed by atoms with Crippen LogP contribution in [0, 0.1) is 0 Å². The van der Waals surface area contributed by atoms with Gasteiger partial charge in [0.15, 0.2) is 0 Å². The van der Waals surface area contributed by atoms with E-state index in [2.05, 4.69) is 15.6 Å². The fraction of sp³-hybridized carbons (Fsp3) is 0.421. The first-order valence-corrected chi connectivity index (χ1v) is 8.89. The Bertz CT molecular complexity index is 809. The van der Waals surface area contributed by atoms with Crippen LogP contribution in [0.25, 0.3) is 0 Å². The normalized spacial score (nSPS) is 24.2. The number of pyridine rings is 1. The molecule has 1 aromatic heterocycles. The van der Waals surface area contributed by atoms with Crippen molar-refractivity contribution in [1.82, 2.24) is 10.3 Å². The molecule has 1 aliphatic heterocycles. The number of halogens is 6. The average molecular weight is 419 g/mol. The smallest absolute Gasteiger partial charge is 0.371 e. The molecule has 2 heterocycles. The third-order valence-corrected chi connectivity index (χ3v) is 5.07. The summed E-state index contributed by atoms with van der Waals surface area (Å²) in [6.45, 7) is 0. The summed E-state index contributed by atoms with van der Waals surface area (Å²) in [7, 11) is 0. The van der Waals surface area contributed by atoms with Crippen LogP contribution in [0.3, 0.4) is 0 Å². The minimum Gasteiger partial charge on any atom is -0.371 e. The molecular formula is C19H19F6N3O. The van der Waals surface area contributed by atoms with Gasteiger partial charge in [0.2, 0.25) is 0 Å². The molecule has 3 atom stereocenters. The van der Waals surface area contributed by atoms with Gasteiger partial charge in [0.05, 0.1) is 11.1 Å². The van der Waals surface area contributed by atoms with Crippen LogP contribution in [0.5, 0.6) is 0 Å². The van der Waals surface area contributed by atoms with E-state index in [9.17, 15) is 31.4 Å². The van der Waals surface area contributed by atoms with E-state index < -0.39 is 35.7 Å². The molecule has 158 valence electrons. The summed E-state index contributed by atoms with van der Waals surface area (Å²) < 4.78 is 78.8. The first kappa shape index (κ1) is 21.4. The van der Waals surface area contributed by atoms with Gasteiger partial charge < -0.3 is 10.4 Å².